The number of benzene rings is 1. The van der Waals surface area contributed by atoms with Crippen LogP contribution in [0.1, 0.15) is 24.3 Å². The highest BCUT2D eigenvalue weighted by Crippen LogP contribution is 2.24. The number of nitrogens with zero attached hydrogens (tertiary/aromatic N) is 1. The van der Waals surface area contributed by atoms with Gasteiger partial charge in [-0.3, -0.25) is 4.79 Å². The SMILES string of the molecule is CCOc1ccc(Cl)c(C(=O)Nc2ccccc2S(=O)(=O)CC)n1. The molecule has 1 N–H and O–H groups in total. The van der Waals surface area contributed by atoms with E-state index in [2.05, 4.69) is 10.3 Å². The third-order valence-corrected chi connectivity index (χ3v) is 5.27. The summed E-state index contributed by atoms with van der Waals surface area (Å²) in [6.45, 7) is 3.73. The molecule has 0 radical (unpaired) electrons. The van der Waals surface area contributed by atoms with Crippen molar-refractivity contribution in [1.82, 2.24) is 4.98 Å². The zero-order valence-electron chi connectivity index (χ0n) is 13.2. The summed E-state index contributed by atoms with van der Waals surface area (Å²) in [7, 11) is -3.48. The van der Waals surface area contributed by atoms with Crippen LogP contribution in [0.3, 0.4) is 0 Å². The van der Waals surface area contributed by atoms with Crippen LogP contribution in [0, 0.1) is 0 Å². The van der Waals surface area contributed by atoms with Gasteiger partial charge in [0, 0.05) is 6.07 Å². The van der Waals surface area contributed by atoms with Crippen molar-refractivity contribution < 1.29 is 17.9 Å². The molecule has 1 aromatic carbocycles. The molecule has 0 saturated heterocycles. The first-order chi connectivity index (χ1) is 11.4. The number of halogens is 1. The average molecular weight is 369 g/mol. The fraction of sp³-hybridized carbons (Fsp3) is 0.250. The summed E-state index contributed by atoms with van der Waals surface area (Å²) < 4.78 is 29.5. The summed E-state index contributed by atoms with van der Waals surface area (Å²) in [5.41, 5.74) is 0.148. The van der Waals surface area contributed by atoms with Gasteiger partial charge in [-0.2, -0.15) is 0 Å². The van der Waals surface area contributed by atoms with Gasteiger partial charge in [-0.15, -0.1) is 0 Å². The van der Waals surface area contributed by atoms with Crippen molar-refractivity contribution >= 4 is 33.0 Å². The Hall–Kier alpha value is -2.12. The number of aromatic nitrogens is 1. The van der Waals surface area contributed by atoms with Gasteiger partial charge in [0.15, 0.2) is 15.5 Å². The minimum absolute atomic E-state index is 0.0358. The van der Waals surface area contributed by atoms with Crippen molar-refractivity contribution in [3.8, 4) is 5.88 Å². The number of pyridine rings is 1. The monoisotopic (exact) mass is 368 g/mol. The molecule has 0 atom stereocenters. The fourth-order valence-electron chi connectivity index (χ4n) is 1.99. The lowest BCUT2D eigenvalue weighted by Crippen LogP contribution is -2.17. The normalized spacial score (nSPS) is 11.1. The first-order valence-corrected chi connectivity index (χ1v) is 9.34. The van der Waals surface area contributed by atoms with Crippen molar-refractivity contribution in [3.05, 3.63) is 47.1 Å². The number of carbonyl (C=O) groups is 1. The van der Waals surface area contributed by atoms with E-state index in [9.17, 15) is 13.2 Å². The van der Waals surface area contributed by atoms with Crippen LogP contribution in [0.25, 0.3) is 0 Å². The molecule has 0 bridgehead atoms. The van der Waals surface area contributed by atoms with E-state index in [1.165, 1.54) is 25.1 Å². The number of amides is 1. The Morgan fingerprint density at radius 2 is 1.92 bits per heavy atom. The number of para-hydroxylation sites is 1. The maximum Gasteiger partial charge on any atom is 0.275 e. The maximum atomic E-state index is 12.5. The smallest absolute Gasteiger partial charge is 0.275 e. The van der Waals surface area contributed by atoms with Gasteiger partial charge in [0.25, 0.3) is 5.91 Å². The van der Waals surface area contributed by atoms with Gasteiger partial charge in [-0.05, 0) is 25.1 Å². The fourth-order valence-corrected chi connectivity index (χ4v) is 3.23. The molecule has 2 rings (SSSR count). The zero-order valence-corrected chi connectivity index (χ0v) is 14.8. The van der Waals surface area contributed by atoms with E-state index in [-0.39, 0.29) is 32.9 Å². The molecule has 8 heteroatoms. The molecule has 0 aliphatic heterocycles. The molecule has 1 heterocycles. The maximum absolute atomic E-state index is 12.5. The van der Waals surface area contributed by atoms with Crippen molar-refractivity contribution in [1.29, 1.82) is 0 Å². The number of hydrogen-bond donors (Lipinski definition) is 1. The van der Waals surface area contributed by atoms with E-state index in [1.807, 2.05) is 0 Å². The third-order valence-electron chi connectivity index (χ3n) is 3.18. The lowest BCUT2D eigenvalue weighted by Gasteiger charge is -2.11. The summed E-state index contributed by atoms with van der Waals surface area (Å²) >= 11 is 6.02. The molecule has 0 saturated carbocycles. The highest BCUT2D eigenvalue weighted by atomic mass is 35.5. The van der Waals surface area contributed by atoms with Crippen molar-refractivity contribution in [3.63, 3.8) is 0 Å². The second-order valence-corrected chi connectivity index (χ2v) is 7.42. The minimum atomic E-state index is -3.48. The number of anilines is 1. The molecule has 1 aromatic heterocycles. The Kier molecular flexibility index (Phi) is 5.80. The predicted molar refractivity (Wildman–Crippen MR) is 92.5 cm³/mol. The summed E-state index contributed by atoms with van der Waals surface area (Å²) in [5.74, 6) is -0.416. The second-order valence-electron chi connectivity index (χ2n) is 4.77. The molecule has 1 amide bonds. The zero-order chi connectivity index (χ0) is 17.7. The molecule has 2 aromatic rings. The summed E-state index contributed by atoms with van der Waals surface area (Å²) in [5, 5.41) is 2.70. The van der Waals surface area contributed by atoms with Crippen LogP contribution in [-0.2, 0) is 9.84 Å². The highest BCUT2D eigenvalue weighted by molar-refractivity contribution is 7.91. The highest BCUT2D eigenvalue weighted by Gasteiger charge is 2.20. The van der Waals surface area contributed by atoms with Gasteiger partial charge in [0.1, 0.15) is 0 Å². The topological polar surface area (TPSA) is 85.4 Å². The summed E-state index contributed by atoms with van der Waals surface area (Å²) in [6, 6.07) is 9.25. The minimum Gasteiger partial charge on any atom is -0.478 e. The quantitative estimate of drug-likeness (QED) is 0.846. The van der Waals surface area contributed by atoms with E-state index in [1.54, 1.807) is 25.1 Å². The summed E-state index contributed by atoms with van der Waals surface area (Å²) in [6.07, 6.45) is 0. The van der Waals surface area contributed by atoms with Gasteiger partial charge < -0.3 is 10.1 Å². The number of hydrogen-bond acceptors (Lipinski definition) is 5. The standard InChI is InChI=1S/C16H17ClN2O4S/c1-3-23-14-10-9-11(17)15(19-14)16(20)18-12-7-5-6-8-13(12)24(21,22)4-2/h5-10H,3-4H2,1-2H3,(H,18,20). The number of sulfone groups is 1. The van der Waals surface area contributed by atoms with E-state index in [0.717, 1.165) is 0 Å². The molecule has 0 spiro atoms. The molecule has 6 nitrogen and oxygen atoms in total. The molecule has 0 unspecified atom stereocenters. The van der Waals surface area contributed by atoms with Gasteiger partial charge in [0.05, 0.1) is 28.0 Å². The van der Waals surface area contributed by atoms with Crippen LogP contribution < -0.4 is 10.1 Å². The number of nitrogens with one attached hydrogen (secondary N) is 1. The van der Waals surface area contributed by atoms with Crippen LogP contribution in [0.5, 0.6) is 5.88 Å². The third kappa shape index (κ3) is 4.04. The Labute approximate surface area is 145 Å². The van der Waals surface area contributed by atoms with Crippen molar-refractivity contribution in [2.75, 3.05) is 17.7 Å². The largest absolute Gasteiger partial charge is 0.478 e. The van der Waals surface area contributed by atoms with E-state index in [0.29, 0.717) is 6.61 Å². The number of rotatable bonds is 6. The van der Waals surface area contributed by atoms with Crippen molar-refractivity contribution in [2.24, 2.45) is 0 Å². The second kappa shape index (κ2) is 7.63. The van der Waals surface area contributed by atoms with Crippen LogP contribution in [0.4, 0.5) is 5.69 Å². The van der Waals surface area contributed by atoms with Crippen LogP contribution in [0.15, 0.2) is 41.3 Å². The van der Waals surface area contributed by atoms with Gasteiger partial charge >= 0.3 is 0 Å². The van der Waals surface area contributed by atoms with E-state index >= 15 is 0 Å². The van der Waals surface area contributed by atoms with Crippen LogP contribution in [-0.4, -0.2) is 31.7 Å². The van der Waals surface area contributed by atoms with Gasteiger partial charge in [0.2, 0.25) is 5.88 Å². The van der Waals surface area contributed by atoms with Crippen molar-refractivity contribution in [2.45, 2.75) is 18.7 Å². The van der Waals surface area contributed by atoms with Crippen LogP contribution in [0.2, 0.25) is 5.02 Å². The lowest BCUT2D eigenvalue weighted by molar-refractivity contribution is 0.102. The van der Waals surface area contributed by atoms with E-state index in [4.69, 9.17) is 16.3 Å². The first kappa shape index (κ1) is 18.2. The first-order valence-electron chi connectivity index (χ1n) is 7.31. The van der Waals surface area contributed by atoms with Crippen LogP contribution >= 0.6 is 11.6 Å². The number of carbonyl (C=O) groups excluding carboxylic acids is 1. The van der Waals surface area contributed by atoms with E-state index < -0.39 is 15.7 Å². The molecule has 0 fully saturated rings. The number of ether oxygens (including phenoxy) is 1. The molecule has 24 heavy (non-hydrogen) atoms. The molecule has 128 valence electrons. The van der Waals surface area contributed by atoms with Gasteiger partial charge in [-0.25, -0.2) is 13.4 Å². The Bertz CT molecular complexity index is 853. The Morgan fingerprint density at radius 3 is 2.58 bits per heavy atom. The lowest BCUT2D eigenvalue weighted by atomic mass is 10.3. The molecule has 0 aliphatic carbocycles. The van der Waals surface area contributed by atoms with Gasteiger partial charge in [-0.1, -0.05) is 30.7 Å². The Morgan fingerprint density at radius 1 is 1.21 bits per heavy atom. The average Bonchev–Trinajstić information content (AvgIpc) is 2.57. The predicted octanol–water partition coefficient (Wildman–Crippen LogP) is 3.18. The molecule has 0 aliphatic rings. The molecular formula is C16H17ClN2O4S. The molecular weight excluding hydrogens is 352 g/mol. The summed E-state index contributed by atoms with van der Waals surface area (Å²) in [4.78, 5) is 16.6. The Balaban J connectivity index is 2.36.